The second-order valence-electron chi connectivity index (χ2n) is 5.61. The van der Waals surface area contributed by atoms with Crippen LogP contribution >= 0.6 is 0 Å². The summed E-state index contributed by atoms with van der Waals surface area (Å²) in [6.45, 7) is 2.74. The van der Waals surface area contributed by atoms with Gasteiger partial charge in [-0.15, -0.1) is 0 Å². The molecule has 0 bridgehead atoms. The lowest BCUT2D eigenvalue weighted by molar-refractivity contribution is 0.301. The fraction of sp³-hybridized carbons (Fsp3) is 0.190. The molecule has 2 aromatic carbocycles. The Labute approximate surface area is 148 Å². The molecule has 0 atom stereocenters. The van der Waals surface area contributed by atoms with Gasteiger partial charge in [0.05, 0.1) is 0 Å². The first-order chi connectivity index (χ1) is 12.4. The van der Waals surface area contributed by atoms with E-state index >= 15 is 0 Å². The van der Waals surface area contributed by atoms with Crippen molar-refractivity contribution in [1.29, 1.82) is 0 Å². The molecule has 0 amide bonds. The highest BCUT2D eigenvalue weighted by atomic mass is 16.5. The van der Waals surface area contributed by atoms with E-state index in [1.807, 2.05) is 48.5 Å². The number of rotatable bonds is 9. The molecule has 4 heteroatoms. The highest BCUT2D eigenvalue weighted by Gasteiger charge is 1.98. The summed E-state index contributed by atoms with van der Waals surface area (Å²) in [4.78, 5) is 4.12. The smallest absolute Gasteiger partial charge is 0.213 e. The summed E-state index contributed by atoms with van der Waals surface area (Å²) in [5, 5.41) is 3.36. The molecule has 128 valence electrons. The van der Waals surface area contributed by atoms with Crippen LogP contribution in [0, 0.1) is 0 Å². The summed E-state index contributed by atoms with van der Waals surface area (Å²) in [6, 6.07) is 24.0. The zero-order valence-corrected chi connectivity index (χ0v) is 14.1. The maximum absolute atomic E-state index is 5.79. The minimum absolute atomic E-state index is 0.587. The van der Waals surface area contributed by atoms with Gasteiger partial charge in [-0.25, -0.2) is 4.98 Å². The van der Waals surface area contributed by atoms with Crippen molar-refractivity contribution in [2.45, 2.75) is 13.2 Å². The van der Waals surface area contributed by atoms with Crippen LogP contribution in [0.4, 0.5) is 0 Å². The highest BCUT2D eigenvalue weighted by Crippen LogP contribution is 2.14. The Hall–Kier alpha value is -2.85. The number of hydrogen-bond acceptors (Lipinski definition) is 4. The molecule has 0 aliphatic heterocycles. The normalized spacial score (nSPS) is 10.4. The summed E-state index contributed by atoms with van der Waals surface area (Å²) < 4.78 is 11.3. The van der Waals surface area contributed by atoms with Gasteiger partial charge in [0.2, 0.25) is 5.88 Å². The van der Waals surface area contributed by atoms with Crippen molar-refractivity contribution in [1.82, 2.24) is 10.3 Å². The average molecular weight is 334 g/mol. The zero-order chi connectivity index (χ0) is 17.2. The summed E-state index contributed by atoms with van der Waals surface area (Å²) in [7, 11) is 0. The van der Waals surface area contributed by atoms with Crippen molar-refractivity contribution < 1.29 is 9.47 Å². The Morgan fingerprint density at radius 3 is 2.32 bits per heavy atom. The summed E-state index contributed by atoms with van der Waals surface area (Å²) in [6.07, 6.45) is 1.73. The molecule has 0 aliphatic carbocycles. The van der Waals surface area contributed by atoms with Crippen molar-refractivity contribution in [3.63, 3.8) is 0 Å². The van der Waals surface area contributed by atoms with Crippen LogP contribution in [0.1, 0.15) is 11.1 Å². The molecule has 0 saturated heterocycles. The van der Waals surface area contributed by atoms with Gasteiger partial charge in [-0.3, -0.25) is 0 Å². The van der Waals surface area contributed by atoms with Crippen LogP contribution in [0.15, 0.2) is 79.0 Å². The van der Waals surface area contributed by atoms with Crippen LogP contribution in [-0.4, -0.2) is 18.1 Å². The molecule has 0 fully saturated rings. The fourth-order valence-electron chi connectivity index (χ4n) is 2.34. The number of ether oxygens (including phenoxy) is 2. The molecular weight excluding hydrogens is 312 g/mol. The third-order valence-corrected chi connectivity index (χ3v) is 3.67. The molecule has 1 aromatic heterocycles. The molecule has 0 aliphatic rings. The van der Waals surface area contributed by atoms with E-state index in [2.05, 4.69) is 34.6 Å². The minimum atomic E-state index is 0.587. The van der Waals surface area contributed by atoms with Crippen molar-refractivity contribution in [3.05, 3.63) is 90.1 Å². The quantitative estimate of drug-likeness (QED) is 0.604. The van der Waals surface area contributed by atoms with E-state index in [1.165, 1.54) is 11.1 Å². The van der Waals surface area contributed by atoms with E-state index in [9.17, 15) is 0 Å². The number of hydrogen-bond donors (Lipinski definition) is 1. The van der Waals surface area contributed by atoms with E-state index in [-0.39, 0.29) is 0 Å². The SMILES string of the molecule is c1ccc(COc2ccc(CNCCOc3ccccn3)cc2)cc1. The van der Waals surface area contributed by atoms with Crippen molar-refractivity contribution in [2.75, 3.05) is 13.2 Å². The molecular formula is C21H22N2O2. The second-order valence-corrected chi connectivity index (χ2v) is 5.61. The Morgan fingerprint density at radius 2 is 1.56 bits per heavy atom. The molecule has 0 unspecified atom stereocenters. The van der Waals surface area contributed by atoms with Gasteiger partial charge in [-0.2, -0.15) is 0 Å². The Morgan fingerprint density at radius 1 is 0.760 bits per heavy atom. The first kappa shape index (κ1) is 17.0. The van der Waals surface area contributed by atoms with Gasteiger partial charge in [0.25, 0.3) is 0 Å². The van der Waals surface area contributed by atoms with Crippen LogP contribution in [0.3, 0.4) is 0 Å². The molecule has 4 nitrogen and oxygen atoms in total. The predicted octanol–water partition coefficient (Wildman–Crippen LogP) is 3.83. The highest BCUT2D eigenvalue weighted by molar-refractivity contribution is 5.27. The molecule has 0 spiro atoms. The predicted molar refractivity (Wildman–Crippen MR) is 98.7 cm³/mol. The van der Waals surface area contributed by atoms with Gasteiger partial charge in [0.15, 0.2) is 0 Å². The number of aromatic nitrogens is 1. The first-order valence-corrected chi connectivity index (χ1v) is 8.40. The van der Waals surface area contributed by atoms with Gasteiger partial charge in [0, 0.05) is 25.4 Å². The van der Waals surface area contributed by atoms with Gasteiger partial charge >= 0.3 is 0 Å². The van der Waals surface area contributed by atoms with E-state index in [0.29, 0.717) is 19.1 Å². The monoisotopic (exact) mass is 334 g/mol. The molecule has 3 rings (SSSR count). The largest absolute Gasteiger partial charge is 0.489 e. The lowest BCUT2D eigenvalue weighted by atomic mass is 10.2. The maximum atomic E-state index is 5.79. The number of nitrogens with one attached hydrogen (secondary N) is 1. The van der Waals surface area contributed by atoms with Crippen LogP contribution in [-0.2, 0) is 13.2 Å². The van der Waals surface area contributed by atoms with Gasteiger partial charge in [-0.1, -0.05) is 48.5 Å². The summed E-state index contributed by atoms with van der Waals surface area (Å²) >= 11 is 0. The fourth-order valence-corrected chi connectivity index (χ4v) is 2.34. The van der Waals surface area contributed by atoms with Crippen molar-refractivity contribution in [3.8, 4) is 11.6 Å². The standard InChI is InChI=1S/C21H22N2O2/c1-2-6-19(7-3-1)17-25-20-11-9-18(10-12-20)16-22-14-15-24-21-8-4-5-13-23-21/h1-13,22H,14-17H2. The van der Waals surface area contributed by atoms with Crippen LogP contribution in [0.2, 0.25) is 0 Å². The lowest BCUT2D eigenvalue weighted by Crippen LogP contribution is -2.20. The third kappa shape index (κ3) is 5.94. The van der Waals surface area contributed by atoms with E-state index in [1.54, 1.807) is 6.20 Å². The summed E-state index contributed by atoms with van der Waals surface area (Å²) in [5.74, 6) is 1.54. The van der Waals surface area contributed by atoms with E-state index in [4.69, 9.17) is 9.47 Å². The second kappa shape index (κ2) is 9.45. The van der Waals surface area contributed by atoms with Gasteiger partial charge in [0.1, 0.15) is 19.0 Å². The first-order valence-electron chi connectivity index (χ1n) is 8.40. The topological polar surface area (TPSA) is 43.4 Å². The molecule has 3 aromatic rings. The summed E-state index contributed by atoms with van der Waals surface area (Å²) in [5.41, 5.74) is 2.38. The van der Waals surface area contributed by atoms with Crippen LogP contribution < -0.4 is 14.8 Å². The van der Waals surface area contributed by atoms with Gasteiger partial charge < -0.3 is 14.8 Å². The van der Waals surface area contributed by atoms with Crippen LogP contribution in [0.5, 0.6) is 11.6 Å². The third-order valence-electron chi connectivity index (χ3n) is 3.67. The minimum Gasteiger partial charge on any atom is -0.489 e. The zero-order valence-electron chi connectivity index (χ0n) is 14.1. The van der Waals surface area contributed by atoms with Crippen molar-refractivity contribution in [2.24, 2.45) is 0 Å². The molecule has 25 heavy (non-hydrogen) atoms. The van der Waals surface area contributed by atoms with Gasteiger partial charge in [-0.05, 0) is 29.3 Å². The Bertz CT molecular complexity index is 731. The van der Waals surface area contributed by atoms with Crippen molar-refractivity contribution >= 4 is 0 Å². The number of nitrogens with zero attached hydrogens (tertiary/aromatic N) is 1. The average Bonchev–Trinajstić information content (AvgIpc) is 2.69. The van der Waals surface area contributed by atoms with E-state index < -0.39 is 0 Å². The number of pyridine rings is 1. The lowest BCUT2D eigenvalue weighted by Gasteiger charge is -2.09. The number of benzene rings is 2. The Kier molecular flexibility index (Phi) is 6.42. The maximum Gasteiger partial charge on any atom is 0.213 e. The molecule has 0 saturated carbocycles. The Balaban J connectivity index is 1.35. The van der Waals surface area contributed by atoms with E-state index in [0.717, 1.165) is 18.8 Å². The van der Waals surface area contributed by atoms with Crippen LogP contribution in [0.25, 0.3) is 0 Å². The molecule has 1 N–H and O–H groups in total. The molecule has 1 heterocycles. The molecule has 0 radical (unpaired) electrons.